The second kappa shape index (κ2) is 35.8. The summed E-state index contributed by atoms with van der Waals surface area (Å²) >= 11 is 0. The molecule has 0 aromatic rings. The molecule has 0 aromatic carbocycles. The maximum absolute atomic E-state index is 6.95. The normalized spacial score (nSPS) is 35.2. The Kier molecular flexibility index (Phi) is 29.7. The van der Waals surface area contributed by atoms with Crippen molar-refractivity contribution >= 4 is 0 Å². The molecule has 0 radical (unpaired) electrons. The predicted octanol–water partition coefficient (Wildman–Crippen LogP) is 28.0. The minimum Gasteiger partial charge on any atom is -0.375 e. The standard InChI is InChI=1S/C86H154O/c1-13-37-73(45-33-29-25-21-17-15-19-23-27-31-43-69-55-59-83(9)71(63-69)47-49-75-79-53-51-77(67(7)41-35-39-65(3)4)85(79,11)61-57-81(75)83)87-74(38-14-2)46-34-30-26-22-18-16-20-24-28-32-44-70-56-60-84(10)72(64-70)48-50-76-80-54-52-78(68(8)42-36-40-66(5)6)86(80,12)62-58-82(76)84/h47-48,65-70,73-82H,13-46,49-64H2,1-12H3/t67-,68-,69?,70?,73?,74?,75?,76?,77-,78-,79?,80?,81?,82?,83+,84+,85-,86-/m1/s1. The SMILES string of the molecule is CCCC(CCCCCCCCCCCCC1CC[C@@]2(C)C(=CCC3C2CC[C@@]2(C)C3CC[C@@H]2[C@H](C)CCCC(C)C)C1)OC(CCC)CCCCCCCCCCCCC1CC[C@@]2(C)C(=CCC3C2CC[C@@]2(C)C3CC[C@@H]2[C@H](C)CCCC(C)C)C1. The molecule has 87 heavy (non-hydrogen) atoms. The van der Waals surface area contributed by atoms with E-state index in [1.807, 2.05) is 11.1 Å². The fraction of sp³-hybridized carbons (Fsp3) is 0.953. The highest BCUT2D eigenvalue weighted by molar-refractivity contribution is 5.27. The number of rotatable bonds is 42. The van der Waals surface area contributed by atoms with Crippen molar-refractivity contribution in [2.75, 3.05) is 0 Å². The van der Waals surface area contributed by atoms with Crippen molar-refractivity contribution in [2.24, 2.45) is 105 Å². The Morgan fingerprint density at radius 1 is 0.368 bits per heavy atom. The first-order valence-electron chi connectivity index (χ1n) is 41.1. The van der Waals surface area contributed by atoms with Crippen LogP contribution in [-0.2, 0) is 4.74 Å². The Morgan fingerprint density at radius 2 is 0.724 bits per heavy atom. The zero-order valence-electron chi connectivity index (χ0n) is 61.2. The van der Waals surface area contributed by atoms with Crippen LogP contribution in [0.5, 0.6) is 0 Å². The summed E-state index contributed by atoms with van der Waals surface area (Å²) < 4.78 is 6.95. The summed E-state index contributed by atoms with van der Waals surface area (Å²) in [5.41, 5.74) is 6.13. The van der Waals surface area contributed by atoms with Gasteiger partial charge >= 0.3 is 0 Å². The molecular formula is C86H154O. The maximum atomic E-state index is 6.95. The highest BCUT2D eigenvalue weighted by Crippen LogP contribution is 2.70. The zero-order chi connectivity index (χ0) is 61.9. The van der Waals surface area contributed by atoms with E-state index in [-0.39, 0.29) is 0 Å². The van der Waals surface area contributed by atoms with E-state index in [1.54, 1.807) is 0 Å². The number of ether oxygens (including phenoxy) is 1. The highest BCUT2D eigenvalue weighted by atomic mass is 16.5. The Bertz CT molecular complexity index is 1830. The van der Waals surface area contributed by atoms with Gasteiger partial charge in [0.25, 0.3) is 0 Å². The number of hydrogen-bond donors (Lipinski definition) is 0. The molecule has 0 saturated heterocycles. The molecule has 8 aliphatic carbocycles. The van der Waals surface area contributed by atoms with Crippen LogP contribution in [0.4, 0.5) is 0 Å². The fourth-order valence-electron chi connectivity index (χ4n) is 23.9. The molecule has 0 bridgehead atoms. The molecule has 0 spiro atoms. The molecule has 1 heteroatoms. The zero-order valence-corrected chi connectivity index (χ0v) is 61.2. The number of hydrogen-bond acceptors (Lipinski definition) is 1. The van der Waals surface area contributed by atoms with Crippen LogP contribution in [0.2, 0.25) is 0 Å². The molecule has 8 rings (SSSR count). The average molecular weight is 1200 g/mol. The molecule has 18 atom stereocenters. The summed E-state index contributed by atoms with van der Waals surface area (Å²) in [7, 11) is 0. The van der Waals surface area contributed by atoms with E-state index in [0.29, 0.717) is 33.9 Å². The van der Waals surface area contributed by atoms with Gasteiger partial charge in [-0.25, -0.2) is 0 Å². The summed E-state index contributed by atoms with van der Waals surface area (Å²) in [6.45, 7) is 30.7. The lowest BCUT2D eigenvalue weighted by Gasteiger charge is -2.58. The van der Waals surface area contributed by atoms with Crippen LogP contribution < -0.4 is 0 Å². The monoisotopic (exact) mass is 1200 g/mol. The van der Waals surface area contributed by atoms with E-state index < -0.39 is 0 Å². The van der Waals surface area contributed by atoms with Crippen LogP contribution in [0.3, 0.4) is 0 Å². The van der Waals surface area contributed by atoms with Crippen molar-refractivity contribution in [2.45, 2.75) is 416 Å². The first-order chi connectivity index (χ1) is 42.0. The molecule has 0 N–H and O–H groups in total. The number of unbranched alkanes of at least 4 members (excludes halogenated alkanes) is 18. The first-order valence-corrected chi connectivity index (χ1v) is 41.1. The molecule has 504 valence electrons. The molecule has 6 saturated carbocycles. The van der Waals surface area contributed by atoms with Crippen molar-refractivity contribution in [3.8, 4) is 0 Å². The number of fused-ring (bicyclic) bond motifs is 10. The van der Waals surface area contributed by atoms with Gasteiger partial charge in [0.15, 0.2) is 0 Å². The van der Waals surface area contributed by atoms with E-state index >= 15 is 0 Å². The quantitative estimate of drug-likeness (QED) is 0.0437. The highest BCUT2D eigenvalue weighted by Gasteiger charge is 2.61. The first kappa shape index (κ1) is 72.3. The predicted molar refractivity (Wildman–Crippen MR) is 382 cm³/mol. The van der Waals surface area contributed by atoms with Gasteiger partial charge in [0.1, 0.15) is 0 Å². The molecule has 0 aliphatic heterocycles. The summed E-state index contributed by atoms with van der Waals surface area (Å²) in [4.78, 5) is 0. The van der Waals surface area contributed by atoms with Gasteiger partial charge in [-0.05, 0) is 233 Å². The summed E-state index contributed by atoms with van der Waals surface area (Å²) in [6, 6.07) is 0. The molecule has 10 unspecified atom stereocenters. The van der Waals surface area contributed by atoms with Crippen molar-refractivity contribution in [1.82, 2.24) is 0 Å². The summed E-state index contributed by atoms with van der Waals surface area (Å²) in [5.74, 6) is 13.4. The number of allylic oxidation sites excluding steroid dienone is 4. The third kappa shape index (κ3) is 19.3. The van der Waals surface area contributed by atoms with Crippen LogP contribution in [0.1, 0.15) is 404 Å². The van der Waals surface area contributed by atoms with E-state index in [9.17, 15) is 0 Å². The summed E-state index contributed by atoms with van der Waals surface area (Å²) in [5, 5.41) is 0. The third-order valence-corrected chi connectivity index (χ3v) is 29.2. The van der Waals surface area contributed by atoms with E-state index in [4.69, 9.17) is 4.74 Å². The molecule has 8 aliphatic rings. The van der Waals surface area contributed by atoms with Crippen LogP contribution >= 0.6 is 0 Å². The Labute approximate surface area is 545 Å². The van der Waals surface area contributed by atoms with E-state index in [2.05, 4.69) is 95.2 Å². The second-order valence-corrected chi connectivity index (χ2v) is 36.0. The van der Waals surface area contributed by atoms with Gasteiger partial charge in [0.2, 0.25) is 0 Å². The molecule has 0 amide bonds. The van der Waals surface area contributed by atoms with Crippen molar-refractivity contribution in [3.63, 3.8) is 0 Å². The molecular weight excluding hydrogens is 1050 g/mol. The largest absolute Gasteiger partial charge is 0.375 e. The van der Waals surface area contributed by atoms with Gasteiger partial charge < -0.3 is 4.74 Å². The Hall–Kier alpha value is -0.560. The molecule has 1 nitrogen and oxygen atoms in total. The van der Waals surface area contributed by atoms with Gasteiger partial charge in [0, 0.05) is 0 Å². The fourth-order valence-corrected chi connectivity index (χ4v) is 23.9. The van der Waals surface area contributed by atoms with Crippen LogP contribution in [-0.4, -0.2) is 12.2 Å². The lowest BCUT2D eigenvalue weighted by atomic mass is 9.46. The van der Waals surface area contributed by atoms with E-state index in [1.165, 1.54) is 321 Å². The van der Waals surface area contributed by atoms with Crippen LogP contribution in [0.25, 0.3) is 0 Å². The van der Waals surface area contributed by atoms with Gasteiger partial charge in [-0.3, -0.25) is 0 Å². The third-order valence-electron chi connectivity index (χ3n) is 29.2. The van der Waals surface area contributed by atoms with Crippen LogP contribution in [0, 0.1) is 105 Å². The van der Waals surface area contributed by atoms with Gasteiger partial charge in [-0.15, -0.1) is 0 Å². The minimum atomic E-state index is 0.496. The topological polar surface area (TPSA) is 9.23 Å². The Balaban J connectivity index is 0.593. The van der Waals surface area contributed by atoms with Gasteiger partial charge in [-0.1, -0.05) is 299 Å². The average Bonchev–Trinajstić information content (AvgIpc) is 1.73. The van der Waals surface area contributed by atoms with E-state index in [0.717, 1.165) is 82.9 Å². The lowest BCUT2D eigenvalue weighted by Crippen LogP contribution is -2.50. The molecule has 0 heterocycles. The van der Waals surface area contributed by atoms with Crippen molar-refractivity contribution in [1.29, 1.82) is 0 Å². The minimum absolute atomic E-state index is 0.496. The molecule has 6 fully saturated rings. The van der Waals surface area contributed by atoms with Crippen molar-refractivity contribution in [3.05, 3.63) is 23.3 Å². The summed E-state index contributed by atoms with van der Waals surface area (Å²) in [6.07, 6.45) is 79.0. The van der Waals surface area contributed by atoms with Gasteiger partial charge in [0.05, 0.1) is 12.2 Å². The van der Waals surface area contributed by atoms with Gasteiger partial charge in [-0.2, -0.15) is 0 Å². The van der Waals surface area contributed by atoms with Crippen LogP contribution in [0.15, 0.2) is 23.3 Å². The Morgan fingerprint density at radius 3 is 1.08 bits per heavy atom. The molecule has 0 aromatic heterocycles. The smallest absolute Gasteiger partial charge is 0.0578 e. The maximum Gasteiger partial charge on any atom is 0.0578 e. The lowest BCUT2D eigenvalue weighted by molar-refractivity contribution is -0.0530. The second-order valence-electron chi connectivity index (χ2n) is 36.0. The van der Waals surface area contributed by atoms with Crippen molar-refractivity contribution < 1.29 is 4.74 Å².